The number of likely N-dealkylation sites (N-methyl/N-ethyl adjacent to an activating group) is 1. The first-order valence-electron chi connectivity index (χ1n) is 30.7. The summed E-state index contributed by atoms with van der Waals surface area (Å²) in [6, 6.07) is -0.859. The molecule has 0 radical (unpaired) electrons. The van der Waals surface area contributed by atoms with Crippen LogP contribution in [-0.2, 0) is 18.4 Å². The van der Waals surface area contributed by atoms with E-state index in [9.17, 15) is 19.4 Å². The van der Waals surface area contributed by atoms with Gasteiger partial charge in [0.15, 0.2) is 0 Å². The van der Waals surface area contributed by atoms with Crippen LogP contribution in [0.4, 0.5) is 0 Å². The number of unbranched alkanes of at least 4 members (excludes halogenated alkanes) is 42. The zero-order chi connectivity index (χ0) is 51.3. The van der Waals surface area contributed by atoms with E-state index in [1.54, 1.807) is 6.08 Å². The molecule has 0 aromatic rings. The molecule has 70 heavy (non-hydrogen) atoms. The van der Waals surface area contributed by atoms with Gasteiger partial charge in [-0.1, -0.05) is 295 Å². The Labute approximate surface area is 436 Å². The SMILES string of the molecule is CCCCCCCC/C=C/CC/C=C/C(O)C(COP(=O)(O)OCC[N+](C)(C)C)NC(=O)CCCCCCCCCCCCCCCCCCCCCCCCCCCCCCCCCCCCCC. The molecule has 9 heteroatoms. The third-order valence-corrected chi connectivity index (χ3v) is 15.2. The lowest BCUT2D eigenvalue weighted by molar-refractivity contribution is -0.870. The average molecular weight is 1010 g/mol. The summed E-state index contributed by atoms with van der Waals surface area (Å²) in [5, 5.41) is 13.9. The predicted molar refractivity (Wildman–Crippen MR) is 305 cm³/mol. The molecule has 0 bridgehead atoms. The Bertz CT molecular complexity index is 1190. The molecule has 1 amide bonds. The van der Waals surface area contributed by atoms with Crippen molar-refractivity contribution in [2.45, 2.75) is 321 Å². The van der Waals surface area contributed by atoms with Crippen molar-refractivity contribution in [3.05, 3.63) is 24.3 Å². The number of nitrogens with zero attached hydrogens (tertiary/aromatic N) is 1. The first kappa shape index (κ1) is 69.0. The standard InChI is InChI=1S/C61H121N2O6P/c1-6-8-10-12-14-16-18-20-21-22-23-24-25-26-27-28-29-30-31-32-33-34-35-36-37-38-39-40-41-42-43-45-47-49-51-53-55-61(65)62-59(58-69-70(66,67)68-57-56-63(3,4)5)60(64)54-52-50-48-46-44-19-17-15-13-11-9-7-2/h44,46,52,54,59-60,64H,6-43,45,47-51,53,55-58H2,1-5H3,(H-,62,65,66,67)/p+1/b46-44+,54-52+. The highest BCUT2D eigenvalue weighted by atomic mass is 31.2. The highest BCUT2D eigenvalue weighted by Crippen LogP contribution is 2.43. The number of aliphatic hydroxyl groups is 1. The number of carbonyl (C=O) groups is 1. The van der Waals surface area contributed by atoms with Crippen molar-refractivity contribution in [2.75, 3.05) is 40.9 Å². The number of allylic oxidation sites excluding steroid dienone is 3. The average Bonchev–Trinajstić information content (AvgIpc) is 3.32. The Morgan fingerprint density at radius 2 is 0.786 bits per heavy atom. The Morgan fingerprint density at radius 3 is 1.14 bits per heavy atom. The van der Waals surface area contributed by atoms with E-state index in [0.29, 0.717) is 17.4 Å². The molecule has 0 rings (SSSR count). The second kappa shape index (κ2) is 52.8. The monoisotopic (exact) mass is 1010 g/mol. The van der Waals surface area contributed by atoms with Gasteiger partial charge in [-0.3, -0.25) is 13.8 Å². The summed E-state index contributed by atoms with van der Waals surface area (Å²) in [6.07, 6.45) is 67.6. The number of aliphatic hydroxyl groups excluding tert-OH is 1. The fourth-order valence-corrected chi connectivity index (χ4v) is 10.1. The van der Waals surface area contributed by atoms with Gasteiger partial charge in [-0.05, 0) is 32.1 Å². The molecule has 3 atom stereocenters. The fraction of sp³-hybridized carbons (Fsp3) is 0.918. The van der Waals surface area contributed by atoms with Gasteiger partial charge in [-0.2, -0.15) is 0 Å². The van der Waals surface area contributed by atoms with E-state index >= 15 is 0 Å². The molecule has 3 N–H and O–H groups in total. The number of carbonyl (C=O) groups excluding carboxylic acids is 1. The van der Waals surface area contributed by atoms with Crippen LogP contribution in [0.5, 0.6) is 0 Å². The first-order chi connectivity index (χ1) is 34.0. The van der Waals surface area contributed by atoms with Gasteiger partial charge in [-0.15, -0.1) is 0 Å². The molecule has 0 saturated carbocycles. The Hall–Kier alpha value is -1.02. The quantitative estimate of drug-likeness (QED) is 0.0243. The zero-order valence-corrected chi connectivity index (χ0v) is 48.4. The van der Waals surface area contributed by atoms with Gasteiger partial charge in [0.05, 0.1) is 39.9 Å². The Morgan fingerprint density at radius 1 is 0.471 bits per heavy atom. The largest absolute Gasteiger partial charge is 0.472 e. The van der Waals surface area contributed by atoms with Gasteiger partial charge in [0.1, 0.15) is 13.2 Å². The van der Waals surface area contributed by atoms with Gasteiger partial charge >= 0.3 is 7.82 Å². The number of rotatable bonds is 57. The van der Waals surface area contributed by atoms with Crippen LogP contribution in [0.2, 0.25) is 0 Å². The number of nitrogens with one attached hydrogen (secondary N) is 1. The topological polar surface area (TPSA) is 105 Å². The number of phosphoric acid groups is 1. The van der Waals surface area contributed by atoms with Gasteiger partial charge in [0.25, 0.3) is 0 Å². The van der Waals surface area contributed by atoms with Gasteiger partial charge in [-0.25, -0.2) is 4.57 Å². The number of phosphoric ester groups is 1. The minimum atomic E-state index is -4.35. The smallest absolute Gasteiger partial charge is 0.387 e. The number of amides is 1. The fourth-order valence-electron chi connectivity index (χ4n) is 9.36. The molecule has 0 aliphatic carbocycles. The van der Waals surface area contributed by atoms with Crippen molar-refractivity contribution < 1.29 is 32.9 Å². The zero-order valence-electron chi connectivity index (χ0n) is 47.5. The maximum absolute atomic E-state index is 12.9. The van der Waals surface area contributed by atoms with E-state index in [4.69, 9.17) is 9.05 Å². The number of hydrogen-bond acceptors (Lipinski definition) is 5. The molecule has 0 aromatic heterocycles. The van der Waals surface area contributed by atoms with E-state index < -0.39 is 20.0 Å². The van der Waals surface area contributed by atoms with Crippen LogP contribution in [0.3, 0.4) is 0 Å². The highest BCUT2D eigenvalue weighted by Gasteiger charge is 2.27. The van der Waals surface area contributed by atoms with Crippen molar-refractivity contribution in [1.82, 2.24) is 5.32 Å². The van der Waals surface area contributed by atoms with Crippen molar-refractivity contribution in [2.24, 2.45) is 0 Å². The Kier molecular flexibility index (Phi) is 52.1. The molecule has 0 aliphatic heterocycles. The summed E-state index contributed by atoms with van der Waals surface area (Å²) in [6.45, 7) is 4.81. The maximum Gasteiger partial charge on any atom is 0.472 e. The lowest BCUT2D eigenvalue weighted by atomic mass is 10.0. The summed E-state index contributed by atoms with van der Waals surface area (Å²) >= 11 is 0. The van der Waals surface area contributed by atoms with Crippen molar-refractivity contribution in [3.63, 3.8) is 0 Å². The molecule has 0 aromatic carbocycles. The van der Waals surface area contributed by atoms with E-state index in [1.165, 1.54) is 250 Å². The molecule has 0 spiro atoms. The molecule has 0 heterocycles. The minimum Gasteiger partial charge on any atom is -0.387 e. The van der Waals surface area contributed by atoms with E-state index in [-0.39, 0.29) is 19.1 Å². The number of hydrogen-bond donors (Lipinski definition) is 3. The van der Waals surface area contributed by atoms with Crippen LogP contribution in [0.25, 0.3) is 0 Å². The van der Waals surface area contributed by atoms with Crippen LogP contribution >= 0.6 is 7.82 Å². The van der Waals surface area contributed by atoms with Crippen LogP contribution in [0.1, 0.15) is 309 Å². The van der Waals surface area contributed by atoms with E-state index in [1.807, 2.05) is 27.2 Å². The van der Waals surface area contributed by atoms with Gasteiger partial charge in [0.2, 0.25) is 5.91 Å². The maximum atomic E-state index is 12.9. The molecule has 0 fully saturated rings. The van der Waals surface area contributed by atoms with Gasteiger partial charge in [0, 0.05) is 6.42 Å². The molecule has 3 unspecified atom stereocenters. The first-order valence-corrected chi connectivity index (χ1v) is 32.2. The Balaban J connectivity index is 3.88. The highest BCUT2D eigenvalue weighted by molar-refractivity contribution is 7.47. The lowest BCUT2D eigenvalue weighted by Crippen LogP contribution is -2.45. The number of quaternary nitrogens is 1. The van der Waals surface area contributed by atoms with Crippen LogP contribution < -0.4 is 5.32 Å². The molecular weight excluding hydrogens is 888 g/mol. The molecule has 416 valence electrons. The second-order valence-corrected chi connectivity index (χ2v) is 23.9. The predicted octanol–water partition coefficient (Wildman–Crippen LogP) is 18.8. The normalized spacial score (nSPS) is 14.0. The third kappa shape index (κ3) is 54.7. The van der Waals surface area contributed by atoms with Crippen molar-refractivity contribution in [3.8, 4) is 0 Å². The van der Waals surface area contributed by atoms with Crippen molar-refractivity contribution in [1.29, 1.82) is 0 Å². The minimum absolute atomic E-state index is 0.0584. The summed E-state index contributed by atoms with van der Waals surface area (Å²) < 4.78 is 23.6. The second-order valence-electron chi connectivity index (χ2n) is 22.4. The molecule has 0 saturated heterocycles. The molecule has 0 aliphatic rings. The summed E-state index contributed by atoms with van der Waals surface area (Å²) in [4.78, 5) is 23.2. The van der Waals surface area contributed by atoms with Gasteiger partial charge < -0.3 is 19.8 Å². The lowest BCUT2D eigenvalue weighted by Gasteiger charge is -2.25. The van der Waals surface area contributed by atoms with E-state index in [2.05, 4.69) is 31.3 Å². The third-order valence-electron chi connectivity index (χ3n) is 14.2. The molecular formula is C61H122N2O6P+. The summed E-state index contributed by atoms with van der Waals surface area (Å²) in [7, 11) is 1.57. The molecule has 8 nitrogen and oxygen atoms in total. The van der Waals surface area contributed by atoms with Crippen LogP contribution in [0.15, 0.2) is 24.3 Å². The summed E-state index contributed by atoms with van der Waals surface area (Å²) in [5.74, 6) is -0.182. The van der Waals surface area contributed by atoms with Crippen molar-refractivity contribution >= 4 is 13.7 Å². The van der Waals surface area contributed by atoms with Crippen LogP contribution in [-0.4, -0.2) is 73.4 Å². The van der Waals surface area contributed by atoms with E-state index in [0.717, 1.165) is 38.5 Å². The summed E-state index contributed by atoms with van der Waals surface area (Å²) in [5.41, 5.74) is 0. The van der Waals surface area contributed by atoms with Crippen LogP contribution in [0, 0.1) is 0 Å².